The summed E-state index contributed by atoms with van der Waals surface area (Å²) in [6.07, 6.45) is -0.0821. The van der Waals surface area contributed by atoms with Crippen LogP contribution in [0.2, 0.25) is 0 Å². The lowest BCUT2D eigenvalue weighted by Crippen LogP contribution is -2.42. The Morgan fingerprint density at radius 2 is 1.61 bits per heavy atom. The highest BCUT2D eigenvalue weighted by molar-refractivity contribution is 6.23. The van der Waals surface area contributed by atoms with Gasteiger partial charge in [-0.3, -0.25) is 9.59 Å². The molecule has 0 spiro atoms. The lowest BCUT2D eigenvalue weighted by atomic mass is 10.1. The Morgan fingerprint density at radius 1 is 1.04 bits per heavy atom. The standard InChI is InChI=1S/C20H18N2O6/c1-2-21(14-6-4-3-5-7-14)16-11-17(23)22(18(16)24)15-9-12(19(25)26)8-13(10-15)20(27)28/h3-10,16H,2,11H2,1H3,(H,25,26)(H,27,28). The van der Waals surface area contributed by atoms with E-state index < -0.39 is 29.8 Å². The number of para-hydroxylation sites is 1. The molecule has 0 radical (unpaired) electrons. The van der Waals surface area contributed by atoms with Crippen molar-refractivity contribution in [2.75, 3.05) is 16.3 Å². The van der Waals surface area contributed by atoms with Gasteiger partial charge in [-0.25, -0.2) is 14.5 Å². The number of rotatable bonds is 6. The molecule has 0 aromatic heterocycles. The van der Waals surface area contributed by atoms with Crippen molar-refractivity contribution in [3.05, 3.63) is 59.7 Å². The van der Waals surface area contributed by atoms with Crippen LogP contribution >= 0.6 is 0 Å². The highest BCUT2D eigenvalue weighted by Crippen LogP contribution is 2.30. The Balaban J connectivity index is 2.00. The molecule has 2 aromatic rings. The molecule has 1 aliphatic rings. The second-order valence-corrected chi connectivity index (χ2v) is 6.29. The van der Waals surface area contributed by atoms with Gasteiger partial charge in [0.15, 0.2) is 0 Å². The maximum atomic E-state index is 13.0. The maximum absolute atomic E-state index is 13.0. The van der Waals surface area contributed by atoms with Crippen LogP contribution in [0.1, 0.15) is 34.1 Å². The van der Waals surface area contributed by atoms with Crippen molar-refractivity contribution >= 4 is 35.1 Å². The lowest BCUT2D eigenvalue weighted by molar-refractivity contribution is -0.121. The van der Waals surface area contributed by atoms with Crippen LogP contribution in [0, 0.1) is 0 Å². The third kappa shape index (κ3) is 3.44. The summed E-state index contributed by atoms with van der Waals surface area (Å²) in [6, 6.07) is 11.7. The molecule has 1 unspecified atom stereocenters. The molecule has 1 atom stereocenters. The summed E-state index contributed by atoms with van der Waals surface area (Å²) in [7, 11) is 0. The molecule has 0 saturated carbocycles. The van der Waals surface area contributed by atoms with E-state index in [9.17, 15) is 29.4 Å². The number of aromatic carboxylic acids is 2. The van der Waals surface area contributed by atoms with Crippen molar-refractivity contribution < 1.29 is 29.4 Å². The molecule has 144 valence electrons. The zero-order valence-corrected chi connectivity index (χ0v) is 15.0. The summed E-state index contributed by atoms with van der Waals surface area (Å²) in [5.41, 5.74) is 0.103. The Hall–Kier alpha value is -3.68. The topological polar surface area (TPSA) is 115 Å². The lowest BCUT2D eigenvalue weighted by Gasteiger charge is -2.28. The summed E-state index contributed by atoms with van der Waals surface area (Å²) in [6.45, 7) is 2.35. The van der Waals surface area contributed by atoms with E-state index in [1.165, 1.54) is 0 Å². The third-order valence-corrected chi connectivity index (χ3v) is 4.60. The number of nitrogens with zero attached hydrogens (tertiary/aromatic N) is 2. The number of amides is 2. The second kappa shape index (κ2) is 7.51. The number of imide groups is 1. The molecule has 28 heavy (non-hydrogen) atoms. The van der Waals surface area contributed by atoms with Crippen LogP contribution in [0.4, 0.5) is 11.4 Å². The van der Waals surface area contributed by atoms with Gasteiger partial charge in [0.1, 0.15) is 6.04 Å². The quantitative estimate of drug-likeness (QED) is 0.736. The Kier molecular flexibility index (Phi) is 5.12. The number of likely N-dealkylation sites (N-methyl/N-ethyl adjacent to an activating group) is 1. The first kappa shape index (κ1) is 19.1. The molecule has 8 heteroatoms. The van der Waals surface area contributed by atoms with Gasteiger partial charge in [0.2, 0.25) is 5.91 Å². The van der Waals surface area contributed by atoms with E-state index >= 15 is 0 Å². The molecule has 2 aromatic carbocycles. The van der Waals surface area contributed by atoms with Crippen LogP contribution in [0.5, 0.6) is 0 Å². The van der Waals surface area contributed by atoms with Crippen LogP contribution < -0.4 is 9.80 Å². The molecular weight excluding hydrogens is 364 g/mol. The van der Waals surface area contributed by atoms with Gasteiger partial charge in [-0.1, -0.05) is 18.2 Å². The fourth-order valence-corrected chi connectivity index (χ4v) is 3.32. The van der Waals surface area contributed by atoms with Gasteiger partial charge < -0.3 is 15.1 Å². The maximum Gasteiger partial charge on any atom is 0.335 e. The minimum absolute atomic E-state index is 0.0566. The number of carbonyl (C=O) groups is 4. The second-order valence-electron chi connectivity index (χ2n) is 6.29. The first-order chi connectivity index (χ1) is 13.3. The van der Waals surface area contributed by atoms with Crippen LogP contribution in [-0.4, -0.2) is 46.6 Å². The predicted octanol–water partition coefficient (Wildman–Crippen LogP) is 2.24. The Morgan fingerprint density at radius 3 is 2.11 bits per heavy atom. The van der Waals surface area contributed by atoms with Crippen molar-refractivity contribution in [1.82, 2.24) is 0 Å². The summed E-state index contributed by atoms with van der Waals surface area (Å²) in [5, 5.41) is 18.5. The number of carboxylic acid groups (broad SMARTS) is 2. The first-order valence-electron chi connectivity index (χ1n) is 8.63. The number of hydrogen-bond acceptors (Lipinski definition) is 5. The molecule has 1 fully saturated rings. The molecule has 1 heterocycles. The van der Waals surface area contributed by atoms with Crippen LogP contribution in [0.15, 0.2) is 48.5 Å². The Bertz CT molecular complexity index is 924. The third-order valence-electron chi connectivity index (χ3n) is 4.60. The van der Waals surface area contributed by atoms with Crippen molar-refractivity contribution in [1.29, 1.82) is 0 Å². The summed E-state index contributed by atoms with van der Waals surface area (Å²) in [4.78, 5) is 50.9. The van der Waals surface area contributed by atoms with E-state index in [4.69, 9.17) is 0 Å². The molecule has 2 N–H and O–H groups in total. The van der Waals surface area contributed by atoms with E-state index in [-0.39, 0.29) is 23.2 Å². The average molecular weight is 382 g/mol. The molecule has 8 nitrogen and oxygen atoms in total. The fourth-order valence-electron chi connectivity index (χ4n) is 3.32. The molecule has 1 saturated heterocycles. The average Bonchev–Trinajstić information content (AvgIpc) is 2.97. The SMILES string of the molecule is CCN(c1ccccc1)C1CC(=O)N(c2cc(C(=O)O)cc(C(=O)O)c2)C1=O. The monoisotopic (exact) mass is 382 g/mol. The summed E-state index contributed by atoms with van der Waals surface area (Å²) in [5.74, 6) is -3.73. The highest BCUT2D eigenvalue weighted by atomic mass is 16.4. The zero-order chi connectivity index (χ0) is 20.4. The van der Waals surface area contributed by atoms with Crippen LogP contribution in [0.3, 0.4) is 0 Å². The normalized spacial score (nSPS) is 16.3. The molecule has 2 amide bonds. The molecule has 0 aliphatic carbocycles. The van der Waals surface area contributed by atoms with E-state index in [0.29, 0.717) is 6.54 Å². The first-order valence-corrected chi connectivity index (χ1v) is 8.63. The van der Waals surface area contributed by atoms with Gasteiger partial charge in [0.25, 0.3) is 5.91 Å². The molecular formula is C20H18N2O6. The molecule has 1 aliphatic heterocycles. The minimum Gasteiger partial charge on any atom is -0.478 e. The van der Waals surface area contributed by atoms with Gasteiger partial charge in [0, 0.05) is 12.2 Å². The van der Waals surface area contributed by atoms with E-state index in [1.807, 2.05) is 37.3 Å². The van der Waals surface area contributed by atoms with Gasteiger partial charge in [-0.15, -0.1) is 0 Å². The van der Waals surface area contributed by atoms with Gasteiger partial charge in [-0.05, 0) is 37.3 Å². The number of benzene rings is 2. The highest BCUT2D eigenvalue weighted by Gasteiger charge is 2.43. The largest absolute Gasteiger partial charge is 0.478 e. The van der Waals surface area contributed by atoms with E-state index in [2.05, 4.69) is 0 Å². The molecule has 0 bridgehead atoms. The van der Waals surface area contributed by atoms with Gasteiger partial charge >= 0.3 is 11.9 Å². The van der Waals surface area contributed by atoms with Gasteiger partial charge in [0.05, 0.1) is 23.2 Å². The van der Waals surface area contributed by atoms with Crippen LogP contribution in [-0.2, 0) is 9.59 Å². The fraction of sp³-hybridized carbons (Fsp3) is 0.200. The summed E-state index contributed by atoms with van der Waals surface area (Å²) >= 11 is 0. The smallest absolute Gasteiger partial charge is 0.335 e. The van der Waals surface area contributed by atoms with Crippen LogP contribution in [0.25, 0.3) is 0 Å². The molecule has 3 rings (SSSR count). The van der Waals surface area contributed by atoms with E-state index in [1.54, 1.807) is 4.90 Å². The number of carboxylic acids is 2. The minimum atomic E-state index is -1.35. The van der Waals surface area contributed by atoms with Crippen molar-refractivity contribution in [2.24, 2.45) is 0 Å². The number of anilines is 2. The van der Waals surface area contributed by atoms with Gasteiger partial charge in [-0.2, -0.15) is 0 Å². The Labute approximate surface area is 160 Å². The van der Waals surface area contributed by atoms with E-state index in [0.717, 1.165) is 28.8 Å². The van der Waals surface area contributed by atoms with Crippen molar-refractivity contribution in [3.8, 4) is 0 Å². The van der Waals surface area contributed by atoms with Crippen molar-refractivity contribution in [2.45, 2.75) is 19.4 Å². The summed E-state index contributed by atoms with van der Waals surface area (Å²) < 4.78 is 0. The predicted molar refractivity (Wildman–Crippen MR) is 101 cm³/mol. The number of hydrogen-bond donors (Lipinski definition) is 2. The zero-order valence-electron chi connectivity index (χ0n) is 15.0. The van der Waals surface area contributed by atoms with Crippen molar-refractivity contribution in [3.63, 3.8) is 0 Å². The number of carbonyl (C=O) groups excluding carboxylic acids is 2.